The van der Waals surface area contributed by atoms with Gasteiger partial charge in [-0.25, -0.2) is 0 Å². The average molecular weight is 294 g/mol. The maximum Gasteiger partial charge on any atom is 0.124 e. The molecule has 0 heterocycles. The first-order chi connectivity index (χ1) is 9.94. The Labute approximate surface area is 129 Å². The molecule has 0 aromatic heterocycles. The fourth-order valence-electron chi connectivity index (χ4n) is 3.03. The number of rotatable bonds is 8. The molecule has 1 aromatic rings. The summed E-state index contributed by atoms with van der Waals surface area (Å²) in [5, 5.41) is 0. The quantitative estimate of drug-likeness (QED) is 0.800. The smallest absolute Gasteiger partial charge is 0.124 e. The van der Waals surface area contributed by atoms with Crippen LogP contribution < -0.4 is 15.2 Å². The highest BCUT2D eigenvalue weighted by molar-refractivity contribution is 5.45. The molecule has 0 aliphatic heterocycles. The predicted molar refractivity (Wildman–Crippen MR) is 88.1 cm³/mol. The monoisotopic (exact) mass is 294 g/mol. The summed E-state index contributed by atoms with van der Waals surface area (Å²) in [6, 6.07) is 6.09. The van der Waals surface area contributed by atoms with Crippen LogP contribution in [0.25, 0.3) is 0 Å². The predicted octanol–water partition coefficient (Wildman–Crippen LogP) is 3.00. The first-order valence-electron chi connectivity index (χ1n) is 7.62. The molecule has 1 aromatic carbocycles. The van der Waals surface area contributed by atoms with E-state index in [1.807, 2.05) is 18.2 Å². The summed E-state index contributed by atoms with van der Waals surface area (Å²) < 4.78 is 10.9. The number of hydrogen-bond acceptors (Lipinski definition) is 4. The Morgan fingerprint density at radius 3 is 2.29 bits per heavy atom. The third-order valence-corrected chi connectivity index (χ3v) is 4.27. The van der Waals surface area contributed by atoms with E-state index in [9.17, 15) is 0 Å². The lowest BCUT2D eigenvalue weighted by molar-refractivity contribution is 0.155. The number of ether oxygens (including phenoxy) is 2. The van der Waals surface area contributed by atoms with Crippen LogP contribution in [0.2, 0.25) is 0 Å². The number of nitrogens with zero attached hydrogens (tertiary/aromatic N) is 1. The Morgan fingerprint density at radius 1 is 1.19 bits per heavy atom. The molecule has 1 rings (SSSR count). The van der Waals surface area contributed by atoms with Gasteiger partial charge in [-0.3, -0.25) is 0 Å². The fourth-order valence-corrected chi connectivity index (χ4v) is 3.03. The van der Waals surface area contributed by atoms with Crippen molar-refractivity contribution in [1.29, 1.82) is 0 Å². The van der Waals surface area contributed by atoms with Gasteiger partial charge in [-0.05, 0) is 45.1 Å². The molecular formula is C17H30N2O2. The molecule has 0 aliphatic rings. The first-order valence-corrected chi connectivity index (χ1v) is 7.62. The van der Waals surface area contributed by atoms with E-state index < -0.39 is 5.54 Å². The van der Waals surface area contributed by atoms with Gasteiger partial charge >= 0.3 is 0 Å². The Balaban J connectivity index is 3.40. The van der Waals surface area contributed by atoms with E-state index >= 15 is 0 Å². The standard InChI is InChI=1S/C17H30N2O2/c1-7-9-16(19(3)4)17(18,8-2)14-12-13(20-5)10-11-15(14)21-6/h10-12,16H,7-9,18H2,1-6H3. The second-order valence-electron chi connectivity index (χ2n) is 5.73. The van der Waals surface area contributed by atoms with Crippen LogP contribution in [-0.2, 0) is 5.54 Å². The summed E-state index contributed by atoms with van der Waals surface area (Å²) in [6.07, 6.45) is 2.96. The lowest BCUT2D eigenvalue weighted by atomic mass is 9.78. The summed E-state index contributed by atoms with van der Waals surface area (Å²) in [4.78, 5) is 2.21. The SMILES string of the molecule is CCCC(N(C)C)C(N)(CC)c1cc(OC)ccc1OC. The van der Waals surface area contributed by atoms with Gasteiger partial charge in [0.15, 0.2) is 0 Å². The molecule has 0 radical (unpaired) electrons. The number of methoxy groups -OCH3 is 2. The second-order valence-corrected chi connectivity index (χ2v) is 5.73. The second kappa shape index (κ2) is 7.66. The van der Waals surface area contributed by atoms with Gasteiger partial charge in [-0.2, -0.15) is 0 Å². The minimum Gasteiger partial charge on any atom is -0.497 e. The highest BCUT2D eigenvalue weighted by atomic mass is 16.5. The third kappa shape index (κ3) is 3.69. The van der Waals surface area contributed by atoms with Crippen LogP contribution in [0.15, 0.2) is 18.2 Å². The summed E-state index contributed by atoms with van der Waals surface area (Å²) in [5.74, 6) is 1.63. The third-order valence-electron chi connectivity index (χ3n) is 4.27. The molecule has 4 heteroatoms. The van der Waals surface area contributed by atoms with E-state index in [1.165, 1.54) is 0 Å². The number of likely N-dealkylation sites (N-methyl/N-ethyl adjacent to an activating group) is 1. The topological polar surface area (TPSA) is 47.7 Å². The van der Waals surface area contributed by atoms with Gasteiger partial charge in [-0.15, -0.1) is 0 Å². The Kier molecular flexibility index (Phi) is 6.49. The van der Waals surface area contributed by atoms with Crippen LogP contribution in [-0.4, -0.2) is 39.3 Å². The van der Waals surface area contributed by atoms with Gasteiger partial charge in [0.05, 0.1) is 19.8 Å². The van der Waals surface area contributed by atoms with Crippen LogP contribution in [0.3, 0.4) is 0 Å². The van der Waals surface area contributed by atoms with Crippen molar-refractivity contribution in [3.8, 4) is 11.5 Å². The molecule has 0 spiro atoms. The summed E-state index contributed by atoms with van der Waals surface area (Å²) in [5.41, 5.74) is 7.41. The van der Waals surface area contributed by atoms with Crippen molar-refractivity contribution in [2.24, 2.45) is 5.73 Å². The molecule has 0 bridgehead atoms. The van der Waals surface area contributed by atoms with Crippen molar-refractivity contribution in [3.63, 3.8) is 0 Å². The highest BCUT2D eigenvalue weighted by Gasteiger charge is 2.38. The van der Waals surface area contributed by atoms with Crippen LogP contribution >= 0.6 is 0 Å². The van der Waals surface area contributed by atoms with Crippen molar-refractivity contribution in [1.82, 2.24) is 4.90 Å². The molecule has 0 saturated carbocycles. The maximum absolute atomic E-state index is 6.87. The lowest BCUT2D eigenvalue weighted by Crippen LogP contribution is -2.54. The van der Waals surface area contributed by atoms with Crippen molar-refractivity contribution >= 4 is 0 Å². The van der Waals surface area contributed by atoms with Gasteiger partial charge in [0.2, 0.25) is 0 Å². The molecule has 2 atom stereocenters. The molecule has 0 fully saturated rings. The zero-order valence-corrected chi connectivity index (χ0v) is 14.3. The van der Waals surface area contributed by atoms with Crippen molar-refractivity contribution in [3.05, 3.63) is 23.8 Å². The van der Waals surface area contributed by atoms with Crippen LogP contribution in [0, 0.1) is 0 Å². The number of benzene rings is 1. The molecule has 120 valence electrons. The van der Waals surface area contributed by atoms with E-state index in [4.69, 9.17) is 15.2 Å². The molecule has 2 N–H and O–H groups in total. The zero-order chi connectivity index (χ0) is 16.0. The summed E-state index contributed by atoms with van der Waals surface area (Å²) in [6.45, 7) is 4.32. The Bertz CT molecular complexity index is 448. The minimum absolute atomic E-state index is 0.244. The fraction of sp³-hybridized carbons (Fsp3) is 0.647. The normalized spacial score (nSPS) is 15.6. The molecular weight excluding hydrogens is 264 g/mol. The van der Waals surface area contributed by atoms with Crippen LogP contribution in [0.5, 0.6) is 11.5 Å². The van der Waals surface area contributed by atoms with Crippen LogP contribution in [0.1, 0.15) is 38.7 Å². The molecule has 0 aliphatic carbocycles. The molecule has 4 nitrogen and oxygen atoms in total. The average Bonchev–Trinajstić information content (AvgIpc) is 2.50. The Hall–Kier alpha value is -1.26. The largest absolute Gasteiger partial charge is 0.497 e. The zero-order valence-electron chi connectivity index (χ0n) is 14.3. The van der Waals surface area contributed by atoms with Gasteiger partial charge < -0.3 is 20.1 Å². The summed E-state index contributed by atoms with van der Waals surface area (Å²) in [7, 11) is 7.53. The van der Waals surface area contributed by atoms with Crippen molar-refractivity contribution in [2.75, 3.05) is 28.3 Å². The van der Waals surface area contributed by atoms with Gasteiger partial charge in [0.25, 0.3) is 0 Å². The van der Waals surface area contributed by atoms with Crippen molar-refractivity contribution in [2.45, 2.75) is 44.7 Å². The molecule has 0 amide bonds. The van der Waals surface area contributed by atoms with E-state index in [0.29, 0.717) is 0 Å². The summed E-state index contributed by atoms with van der Waals surface area (Å²) >= 11 is 0. The maximum atomic E-state index is 6.87. The first kappa shape index (κ1) is 17.8. The highest BCUT2D eigenvalue weighted by Crippen LogP contribution is 2.38. The molecule has 21 heavy (non-hydrogen) atoms. The minimum atomic E-state index is -0.473. The molecule has 0 saturated heterocycles. The number of hydrogen-bond donors (Lipinski definition) is 1. The number of nitrogens with two attached hydrogens (primary N) is 1. The van der Waals surface area contributed by atoms with E-state index in [-0.39, 0.29) is 6.04 Å². The lowest BCUT2D eigenvalue weighted by Gasteiger charge is -2.42. The molecule has 2 unspecified atom stereocenters. The van der Waals surface area contributed by atoms with E-state index in [0.717, 1.165) is 36.3 Å². The van der Waals surface area contributed by atoms with Crippen LogP contribution in [0.4, 0.5) is 0 Å². The Morgan fingerprint density at radius 2 is 1.86 bits per heavy atom. The van der Waals surface area contributed by atoms with Crippen molar-refractivity contribution < 1.29 is 9.47 Å². The van der Waals surface area contributed by atoms with Gasteiger partial charge in [-0.1, -0.05) is 20.3 Å². The van der Waals surface area contributed by atoms with E-state index in [1.54, 1.807) is 14.2 Å². The van der Waals surface area contributed by atoms with E-state index in [2.05, 4.69) is 32.8 Å². The van der Waals surface area contributed by atoms with Gasteiger partial charge in [0.1, 0.15) is 11.5 Å². The van der Waals surface area contributed by atoms with Gasteiger partial charge in [0, 0.05) is 11.6 Å².